The molecule has 7 nitrogen and oxygen atoms in total. The number of aromatic nitrogens is 2. The van der Waals surface area contributed by atoms with Gasteiger partial charge in [-0.05, 0) is 48.6 Å². The van der Waals surface area contributed by atoms with Gasteiger partial charge in [-0.15, -0.1) is 0 Å². The van der Waals surface area contributed by atoms with Gasteiger partial charge in [0.15, 0.2) is 5.11 Å². The van der Waals surface area contributed by atoms with Crippen molar-refractivity contribution in [3.63, 3.8) is 0 Å². The van der Waals surface area contributed by atoms with Gasteiger partial charge in [-0.1, -0.05) is 12.1 Å². The number of hydrogen-bond donors (Lipinski definition) is 1. The Hall–Kier alpha value is -2.94. The second-order valence-electron chi connectivity index (χ2n) is 8.28. The molecule has 172 valence electrons. The van der Waals surface area contributed by atoms with Gasteiger partial charge in [0, 0.05) is 56.0 Å². The van der Waals surface area contributed by atoms with Crippen molar-refractivity contribution in [2.45, 2.75) is 12.1 Å². The van der Waals surface area contributed by atoms with E-state index in [0.29, 0.717) is 0 Å². The lowest BCUT2D eigenvalue weighted by atomic mass is 10.0. The Labute approximate surface area is 199 Å². The number of nitrogens with one attached hydrogen (secondary N) is 1. The van der Waals surface area contributed by atoms with Gasteiger partial charge in [0.1, 0.15) is 5.75 Å². The Morgan fingerprint density at radius 1 is 1.09 bits per heavy atom. The van der Waals surface area contributed by atoms with Gasteiger partial charge in [0.2, 0.25) is 0 Å². The van der Waals surface area contributed by atoms with Crippen LogP contribution in [0, 0.1) is 0 Å². The first-order chi connectivity index (χ1) is 16.2. The largest absolute Gasteiger partial charge is 0.497 e. The summed E-state index contributed by atoms with van der Waals surface area (Å²) < 4.78 is 13.2. The number of nitrogens with zero attached hydrogens (tertiary/aromatic N) is 4. The van der Waals surface area contributed by atoms with Crippen LogP contribution >= 0.6 is 12.2 Å². The van der Waals surface area contributed by atoms with E-state index in [9.17, 15) is 0 Å². The SMILES string of the molecule is COc1cccc(-n2cccc2[C@@H]2[C@H](c3ccccn3)NC(=S)N2CCN2CCOCC2)c1. The third kappa shape index (κ3) is 4.59. The van der Waals surface area contributed by atoms with Gasteiger partial charge < -0.3 is 24.3 Å². The maximum atomic E-state index is 5.85. The zero-order valence-corrected chi connectivity index (χ0v) is 19.6. The van der Waals surface area contributed by atoms with E-state index in [1.807, 2.05) is 30.5 Å². The van der Waals surface area contributed by atoms with E-state index in [2.05, 4.69) is 61.2 Å². The third-order valence-electron chi connectivity index (χ3n) is 6.37. The highest BCUT2D eigenvalue weighted by Crippen LogP contribution is 2.39. The van der Waals surface area contributed by atoms with E-state index >= 15 is 0 Å². The minimum atomic E-state index is -0.0392. The smallest absolute Gasteiger partial charge is 0.170 e. The molecule has 0 saturated carbocycles. The van der Waals surface area contributed by atoms with Crippen LogP contribution in [0.15, 0.2) is 67.0 Å². The molecule has 0 radical (unpaired) electrons. The first kappa shape index (κ1) is 21.9. The van der Waals surface area contributed by atoms with E-state index in [0.717, 1.165) is 67.3 Å². The molecule has 0 unspecified atom stereocenters. The van der Waals surface area contributed by atoms with Crippen LogP contribution in [-0.2, 0) is 4.74 Å². The standard InChI is InChI=1S/C25H29N5O2S/c1-31-20-7-4-6-19(18-20)29-11-5-9-22(29)24-23(21-8-2-3-10-26-21)27-25(33)30(24)13-12-28-14-16-32-17-15-28/h2-11,18,23-24H,12-17H2,1H3,(H,27,33)/t23-,24+/m0/s1. The normalized spacial score (nSPS) is 21.2. The molecule has 2 aliphatic heterocycles. The number of morpholine rings is 1. The maximum absolute atomic E-state index is 5.85. The minimum absolute atomic E-state index is 0.00893. The minimum Gasteiger partial charge on any atom is -0.497 e. The van der Waals surface area contributed by atoms with Gasteiger partial charge in [0.05, 0.1) is 38.1 Å². The molecule has 1 N–H and O–H groups in total. The first-order valence-corrected chi connectivity index (χ1v) is 11.8. The molecular formula is C25H29N5O2S. The molecule has 1 aromatic carbocycles. The van der Waals surface area contributed by atoms with Gasteiger partial charge in [-0.3, -0.25) is 9.88 Å². The summed E-state index contributed by atoms with van der Waals surface area (Å²) in [5, 5.41) is 4.33. The van der Waals surface area contributed by atoms with E-state index in [-0.39, 0.29) is 12.1 Å². The molecule has 0 amide bonds. The molecule has 0 bridgehead atoms. The highest BCUT2D eigenvalue weighted by atomic mass is 32.1. The third-order valence-corrected chi connectivity index (χ3v) is 6.73. The van der Waals surface area contributed by atoms with Crippen molar-refractivity contribution in [3.05, 3.63) is 78.4 Å². The lowest BCUT2D eigenvalue weighted by molar-refractivity contribution is 0.0349. The van der Waals surface area contributed by atoms with Crippen molar-refractivity contribution in [1.29, 1.82) is 0 Å². The van der Waals surface area contributed by atoms with E-state index < -0.39 is 0 Å². The van der Waals surface area contributed by atoms with Crippen LogP contribution in [0.2, 0.25) is 0 Å². The first-order valence-electron chi connectivity index (χ1n) is 11.3. The van der Waals surface area contributed by atoms with Gasteiger partial charge in [0.25, 0.3) is 0 Å². The van der Waals surface area contributed by atoms with E-state index in [1.165, 1.54) is 0 Å². The van der Waals surface area contributed by atoms with E-state index in [4.69, 9.17) is 21.7 Å². The molecule has 2 atom stereocenters. The van der Waals surface area contributed by atoms with Crippen LogP contribution < -0.4 is 10.1 Å². The Bertz CT molecular complexity index is 1080. The Morgan fingerprint density at radius 3 is 2.76 bits per heavy atom. The fourth-order valence-corrected chi connectivity index (χ4v) is 5.00. The number of rotatable bonds is 7. The second-order valence-corrected chi connectivity index (χ2v) is 8.67. The summed E-state index contributed by atoms with van der Waals surface area (Å²) in [6, 6.07) is 18.4. The summed E-state index contributed by atoms with van der Waals surface area (Å²) in [6.07, 6.45) is 3.94. The molecule has 4 heterocycles. The van der Waals surface area contributed by atoms with Crippen molar-refractivity contribution < 1.29 is 9.47 Å². The molecule has 0 aliphatic carbocycles. The van der Waals surface area contributed by atoms with Crippen molar-refractivity contribution in [3.8, 4) is 11.4 Å². The second kappa shape index (κ2) is 9.91. The Balaban J connectivity index is 1.50. The van der Waals surface area contributed by atoms with Crippen LogP contribution in [0.5, 0.6) is 5.75 Å². The number of pyridine rings is 1. The van der Waals surface area contributed by atoms with Crippen molar-refractivity contribution in [1.82, 2.24) is 24.7 Å². The zero-order chi connectivity index (χ0) is 22.6. The van der Waals surface area contributed by atoms with Crippen molar-refractivity contribution in [2.24, 2.45) is 0 Å². The lowest BCUT2D eigenvalue weighted by Crippen LogP contribution is -2.42. The predicted octanol–water partition coefficient (Wildman–Crippen LogP) is 3.19. The molecule has 2 aliphatic rings. The maximum Gasteiger partial charge on any atom is 0.170 e. The highest BCUT2D eigenvalue weighted by molar-refractivity contribution is 7.80. The highest BCUT2D eigenvalue weighted by Gasteiger charge is 2.41. The molecule has 5 rings (SSSR count). The zero-order valence-electron chi connectivity index (χ0n) is 18.8. The average molecular weight is 464 g/mol. The monoisotopic (exact) mass is 463 g/mol. The quantitative estimate of drug-likeness (QED) is 0.540. The van der Waals surface area contributed by atoms with E-state index in [1.54, 1.807) is 7.11 Å². The molecule has 2 saturated heterocycles. The van der Waals surface area contributed by atoms with Crippen molar-refractivity contribution >= 4 is 17.3 Å². The summed E-state index contributed by atoms with van der Waals surface area (Å²) >= 11 is 5.85. The molecule has 8 heteroatoms. The lowest BCUT2D eigenvalue weighted by Gasteiger charge is -2.32. The molecule has 0 spiro atoms. The van der Waals surface area contributed by atoms with Crippen LogP contribution in [0.4, 0.5) is 0 Å². The Morgan fingerprint density at radius 2 is 1.97 bits per heavy atom. The fraction of sp³-hybridized carbons (Fsp3) is 0.360. The van der Waals surface area contributed by atoms with Crippen LogP contribution in [-0.4, -0.2) is 71.0 Å². The predicted molar refractivity (Wildman–Crippen MR) is 132 cm³/mol. The molecule has 2 fully saturated rings. The number of benzene rings is 1. The van der Waals surface area contributed by atoms with Crippen LogP contribution in [0.25, 0.3) is 5.69 Å². The molecule has 2 aromatic heterocycles. The summed E-state index contributed by atoms with van der Waals surface area (Å²) in [5.41, 5.74) is 3.20. The van der Waals surface area contributed by atoms with Crippen molar-refractivity contribution in [2.75, 3.05) is 46.5 Å². The fourth-order valence-electron chi connectivity index (χ4n) is 4.67. The number of methoxy groups -OCH3 is 1. The number of ether oxygens (including phenoxy) is 2. The summed E-state index contributed by atoms with van der Waals surface area (Å²) in [7, 11) is 1.69. The molecule has 3 aromatic rings. The number of hydrogen-bond acceptors (Lipinski definition) is 5. The number of thiocarbonyl (C=S) groups is 1. The Kier molecular flexibility index (Phi) is 6.57. The van der Waals surface area contributed by atoms with Crippen LogP contribution in [0.1, 0.15) is 23.5 Å². The van der Waals surface area contributed by atoms with Gasteiger partial charge in [-0.25, -0.2) is 0 Å². The van der Waals surface area contributed by atoms with Gasteiger partial charge >= 0.3 is 0 Å². The topological polar surface area (TPSA) is 54.8 Å². The average Bonchev–Trinajstić information content (AvgIpc) is 3.48. The van der Waals surface area contributed by atoms with Gasteiger partial charge in [-0.2, -0.15) is 0 Å². The van der Waals surface area contributed by atoms with Crippen LogP contribution in [0.3, 0.4) is 0 Å². The molecule has 33 heavy (non-hydrogen) atoms. The summed E-state index contributed by atoms with van der Waals surface area (Å²) in [5.74, 6) is 0.831. The summed E-state index contributed by atoms with van der Waals surface area (Å²) in [6.45, 7) is 5.29. The molecular weight excluding hydrogens is 434 g/mol. The summed E-state index contributed by atoms with van der Waals surface area (Å²) in [4.78, 5) is 9.42.